The lowest BCUT2D eigenvalue weighted by Gasteiger charge is -2.28. The Morgan fingerprint density at radius 1 is 1.04 bits per heavy atom. The Morgan fingerprint density at radius 2 is 1.68 bits per heavy atom. The number of rotatable bonds is 5. The zero-order valence-electron chi connectivity index (χ0n) is 14.1. The monoisotopic (exact) mass is 360 g/mol. The first-order valence-electron chi connectivity index (χ1n) is 8.05. The summed E-state index contributed by atoms with van der Waals surface area (Å²) in [7, 11) is -3.71. The minimum absolute atomic E-state index is 0.182. The molecule has 0 atom stereocenters. The van der Waals surface area contributed by atoms with E-state index in [2.05, 4.69) is 0 Å². The number of cyclic esters (lactones) is 1. The second-order valence-corrected chi connectivity index (χ2v) is 7.80. The van der Waals surface area contributed by atoms with Gasteiger partial charge < -0.3 is 4.74 Å². The summed E-state index contributed by atoms with van der Waals surface area (Å²) in [5, 5.41) is 0. The summed E-state index contributed by atoms with van der Waals surface area (Å²) >= 11 is 0. The van der Waals surface area contributed by atoms with Gasteiger partial charge in [-0.15, -0.1) is 0 Å². The lowest BCUT2D eigenvalue weighted by atomic mass is 10.3. The molecule has 1 heterocycles. The third-order valence-electron chi connectivity index (χ3n) is 3.95. The predicted molar refractivity (Wildman–Crippen MR) is 96.4 cm³/mol. The molecule has 0 aliphatic carbocycles. The second kappa shape index (κ2) is 6.76. The van der Waals surface area contributed by atoms with Gasteiger partial charge in [-0.1, -0.05) is 18.2 Å². The van der Waals surface area contributed by atoms with Crippen molar-refractivity contribution in [3.8, 4) is 0 Å². The molecule has 1 aliphatic rings. The first-order valence-corrected chi connectivity index (χ1v) is 9.49. The zero-order chi connectivity index (χ0) is 18.0. The molecule has 1 aliphatic heterocycles. The fourth-order valence-electron chi connectivity index (χ4n) is 2.83. The van der Waals surface area contributed by atoms with Gasteiger partial charge >= 0.3 is 6.09 Å². The van der Waals surface area contributed by atoms with Gasteiger partial charge in [0.15, 0.2) is 0 Å². The molecule has 0 saturated carbocycles. The number of carbonyl (C=O) groups is 1. The summed E-state index contributed by atoms with van der Waals surface area (Å²) in [6, 6.07) is 15.1. The number of benzene rings is 2. The van der Waals surface area contributed by atoms with Crippen LogP contribution in [0.15, 0.2) is 59.5 Å². The fourth-order valence-corrected chi connectivity index (χ4v) is 4.49. The summed E-state index contributed by atoms with van der Waals surface area (Å²) < 4.78 is 32.5. The van der Waals surface area contributed by atoms with Gasteiger partial charge in [-0.05, 0) is 50.2 Å². The van der Waals surface area contributed by atoms with Crippen LogP contribution >= 0.6 is 0 Å². The number of nitrogens with zero attached hydrogens (tertiary/aromatic N) is 2. The molecular weight excluding hydrogens is 340 g/mol. The van der Waals surface area contributed by atoms with E-state index >= 15 is 0 Å². The Kier molecular flexibility index (Phi) is 4.67. The highest BCUT2D eigenvalue weighted by molar-refractivity contribution is 7.92. The van der Waals surface area contributed by atoms with Crippen molar-refractivity contribution in [1.29, 1.82) is 0 Å². The van der Waals surface area contributed by atoms with Gasteiger partial charge in [0.1, 0.15) is 6.61 Å². The predicted octanol–water partition coefficient (Wildman–Crippen LogP) is 3.25. The molecule has 0 unspecified atom stereocenters. The number of anilines is 2. The largest absolute Gasteiger partial charge is 0.447 e. The first kappa shape index (κ1) is 17.3. The molecule has 6 nitrogen and oxygen atoms in total. The summed E-state index contributed by atoms with van der Waals surface area (Å²) in [5.74, 6) is 0. The molecule has 25 heavy (non-hydrogen) atoms. The van der Waals surface area contributed by atoms with E-state index in [0.29, 0.717) is 24.5 Å². The van der Waals surface area contributed by atoms with Crippen LogP contribution < -0.4 is 9.21 Å². The number of ether oxygens (including phenoxy) is 1. The summed E-state index contributed by atoms with van der Waals surface area (Å²) in [6.07, 6.45) is -0.413. The van der Waals surface area contributed by atoms with Crippen molar-refractivity contribution in [2.24, 2.45) is 0 Å². The molecule has 1 amide bonds. The molecule has 1 saturated heterocycles. The number of hydrogen-bond acceptors (Lipinski definition) is 4. The minimum Gasteiger partial charge on any atom is -0.447 e. The average Bonchev–Trinajstić information content (AvgIpc) is 3.01. The van der Waals surface area contributed by atoms with Crippen LogP contribution in [-0.4, -0.2) is 33.7 Å². The second-order valence-electron chi connectivity index (χ2n) is 5.99. The normalized spacial score (nSPS) is 14.7. The van der Waals surface area contributed by atoms with Crippen LogP contribution in [0.4, 0.5) is 16.2 Å². The average molecular weight is 360 g/mol. The Bertz CT molecular complexity index is 848. The molecule has 0 aromatic heterocycles. The van der Waals surface area contributed by atoms with E-state index in [4.69, 9.17) is 4.74 Å². The van der Waals surface area contributed by atoms with Crippen LogP contribution in [0.1, 0.15) is 13.8 Å². The number of sulfonamides is 1. The summed E-state index contributed by atoms with van der Waals surface area (Å²) in [6.45, 7) is 4.47. The van der Waals surface area contributed by atoms with Crippen LogP contribution in [-0.2, 0) is 14.8 Å². The van der Waals surface area contributed by atoms with E-state index in [-0.39, 0.29) is 10.9 Å². The molecule has 0 bridgehead atoms. The number of carbonyl (C=O) groups excluding carboxylic acids is 1. The van der Waals surface area contributed by atoms with Gasteiger partial charge in [-0.25, -0.2) is 13.2 Å². The van der Waals surface area contributed by atoms with Crippen LogP contribution in [0.25, 0.3) is 0 Å². The Balaban J connectivity index is 1.94. The molecular formula is C18H20N2O4S. The Morgan fingerprint density at radius 3 is 2.20 bits per heavy atom. The third kappa shape index (κ3) is 3.32. The van der Waals surface area contributed by atoms with E-state index in [1.54, 1.807) is 24.3 Å². The van der Waals surface area contributed by atoms with Crippen molar-refractivity contribution in [3.05, 3.63) is 54.6 Å². The van der Waals surface area contributed by atoms with E-state index in [1.165, 1.54) is 21.3 Å². The SMILES string of the molecule is CC(C)N(c1ccccc1)S(=O)(=O)c1ccc(N2CCOC2=O)cc1. The summed E-state index contributed by atoms with van der Waals surface area (Å²) in [5.41, 5.74) is 1.24. The van der Waals surface area contributed by atoms with Crippen molar-refractivity contribution in [1.82, 2.24) is 0 Å². The quantitative estimate of drug-likeness (QED) is 0.821. The highest BCUT2D eigenvalue weighted by atomic mass is 32.2. The first-order chi connectivity index (χ1) is 11.9. The van der Waals surface area contributed by atoms with E-state index < -0.39 is 16.1 Å². The van der Waals surface area contributed by atoms with Crippen LogP contribution in [0.2, 0.25) is 0 Å². The molecule has 7 heteroatoms. The van der Waals surface area contributed by atoms with Crippen molar-refractivity contribution < 1.29 is 17.9 Å². The lowest BCUT2D eigenvalue weighted by molar-refractivity contribution is 0.181. The third-order valence-corrected chi connectivity index (χ3v) is 5.96. The van der Waals surface area contributed by atoms with Crippen LogP contribution in [0, 0.1) is 0 Å². The Labute approximate surface area is 147 Å². The van der Waals surface area contributed by atoms with Crippen molar-refractivity contribution in [2.75, 3.05) is 22.4 Å². The smallest absolute Gasteiger partial charge is 0.414 e. The molecule has 0 spiro atoms. The number of para-hydroxylation sites is 1. The van der Waals surface area contributed by atoms with Crippen molar-refractivity contribution in [2.45, 2.75) is 24.8 Å². The van der Waals surface area contributed by atoms with Gasteiger partial charge in [0.2, 0.25) is 0 Å². The highest BCUT2D eigenvalue weighted by Crippen LogP contribution is 2.28. The molecule has 2 aromatic rings. The highest BCUT2D eigenvalue weighted by Gasteiger charge is 2.28. The van der Waals surface area contributed by atoms with Crippen LogP contribution in [0.5, 0.6) is 0 Å². The van der Waals surface area contributed by atoms with E-state index in [9.17, 15) is 13.2 Å². The molecule has 3 rings (SSSR count). The van der Waals surface area contributed by atoms with Gasteiger partial charge in [0.25, 0.3) is 10.0 Å². The standard InChI is InChI=1S/C18H20N2O4S/c1-14(2)20(16-6-4-3-5-7-16)25(22,23)17-10-8-15(9-11-17)19-12-13-24-18(19)21/h3-11,14H,12-13H2,1-2H3. The van der Waals surface area contributed by atoms with Gasteiger partial charge in [-0.3, -0.25) is 9.21 Å². The Hall–Kier alpha value is -2.54. The topological polar surface area (TPSA) is 66.9 Å². The maximum Gasteiger partial charge on any atom is 0.414 e. The summed E-state index contributed by atoms with van der Waals surface area (Å²) in [4.78, 5) is 13.3. The molecule has 1 fully saturated rings. The molecule has 0 N–H and O–H groups in total. The van der Waals surface area contributed by atoms with E-state index in [1.807, 2.05) is 32.0 Å². The zero-order valence-corrected chi connectivity index (χ0v) is 14.9. The number of amides is 1. The molecule has 2 aromatic carbocycles. The fraction of sp³-hybridized carbons (Fsp3) is 0.278. The maximum atomic E-state index is 13.1. The van der Waals surface area contributed by atoms with Crippen molar-refractivity contribution in [3.63, 3.8) is 0 Å². The minimum atomic E-state index is -3.71. The maximum absolute atomic E-state index is 13.1. The number of hydrogen-bond donors (Lipinski definition) is 0. The van der Waals surface area contributed by atoms with Crippen LogP contribution in [0.3, 0.4) is 0 Å². The van der Waals surface area contributed by atoms with Gasteiger partial charge in [0.05, 0.1) is 17.1 Å². The van der Waals surface area contributed by atoms with Gasteiger partial charge in [0, 0.05) is 11.7 Å². The van der Waals surface area contributed by atoms with E-state index in [0.717, 1.165) is 0 Å². The van der Waals surface area contributed by atoms with Crippen molar-refractivity contribution >= 4 is 27.5 Å². The molecule has 0 radical (unpaired) electrons. The van der Waals surface area contributed by atoms with Gasteiger partial charge in [-0.2, -0.15) is 0 Å². The molecule has 132 valence electrons. The lowest BCUT2D eigenvalue weighted by Crippen LogP contribution is -2.37.